The molecule has 0 aliphatic carbocycles. The molecule has 0 saturated carbocycles. The lowest BCUT2D eigenvalue weighted by molar-refractivity contribution is -0.136. The van der Waals surface area contributed by atoms with Crippen LogP contribution < -0.4 is 0 Å². The standard InChI is InChI=1S/C6H5Cl.C3H6O2S/c7-6-4-2-1-3-5-6;1-2(6)3(4)5/h1-5H;2,6H,1H3,(H,4,5). The van der Waals surface area contributed by atoms with Crippen LogP contribution in [-0.2, 0) is 4.79 Å². The van der Waals surface area contributed by atoms with Crippen LogP contribution in [0.25, 0.3) is 0 Å². The van der Waals surface area contributed by atoms with Gasteiger partial charge in [0.05, 0.1) is 5.25 Å². The number of carboxylic acid groups (broad SMARTS) is 1. The molecule has 0 spiro atoms. The third-order valence-electron chi connectivity index (χ3n) is 1.09. The van der Waals surface area contributed by atoms with Gasteiger partial charge >= 0.3 is 5.97 Å². The molecule has 0 saturated heterocycles. The average molecular weight is 219 g/mol. The second-order valence-corrected chi connectivity index (χ2v) is 3.52. The largest absolute Gasteiger partial charge is 0.480 e. The SMILES string of the molecule is CC(S)C(=O)O.Clc1ccccc1. The van der Waals surface area contributed by atoms with Crippen LogP contribution in [0.4, 0.5) is 0 Å². The number of carboxylic acids is 1. The van der Waals surface area contributed by atoms with Crippen LogP contribution in [0.15, 0.2) is 30.3 Å². The molecule has 1 aromatic carbocycles. The van der Waals surface area contributed by atoms with Crippen LogP contribution in [0.3, 0.4) is 0 Å². The molecule has 0 radical (unpaired) electrons. The van der Waals surface area contributed by atoms with Crippen LogP contribution in [0, 0.1) is 0 Å². The van der Waals surface area contributed by atoms with Gasteiger partial charge in [-0.25, -0.2) is 0 Å². The van der Waals surface area contributed by atoms with Gasteiger partial charge in [-0.3, -0.25) is 4.79 Å². The highest BCUT2D eigenvalue weighted by Gasteiger charge is 2.00. The molecule has 1 rings (SSSR count). The summed E-state index contributed by atoms with van der Waals surface area (Å²) in [7, 11) is 0. The van der Waals surface area contributed by atoms with Crippen LogP contribution in [0.5, 0.6) is 0 Å². The number of aliphatic carboxylic acids is 1. The highest BCUT2D eigenvalue weighted by Crippen LogP contribution is 2.03. The van der Waals surface area contributed by atoms with Gasteiger partial charge in [0.15, 0.2) is 0 Å². The van der Waals surface area contributed by atoms with Crippen LogP contribution in [-0.4, -0.2) is 16.3 Å². The number of hydrogen-bond acceptors (Lipinski definition) is 2. The van der Waals surface area contributed by atoms with E-state index in [1.807, 2.05) is 30.3 Å². The smallest absolute Gasteiger partial charge is 0.316 e. The first-order chi connectivity index (χ1) is 6.04. The molecular formula is C9H11ClO2S. The molecule has 0 aliphatic rings. The Labute approximate surface area is 87.9 Å². The van der Waals surface area contributed by atoms with Gasteiger partial charge in [0.25, 0.3) is 0 Å². The van der Waals surface area contributed by atoms with E-state index >= 15 is 0 Å². The van der Waals surface area contributed by atoms with E-state index in [4.69, 9.17) is 16.7 Å². The number of carbonyl (C=O) groups is 1. The van der Waals surface area contributed by atoms with Crippen molar-refractivity contribution >= 4 is 30.2 Å². The summed E-state index contributed by atoms with van der Waals surface area (Å²) in [6, 6.07) is 9.44. The van der Waals surface area contributed by atoms with Gasteiger partial charge in [0, 0.05) is 5.02 Å². The van der Waals surface area contributed by atoms with Crippen molar-refractivity contribution in [2.45, 2.75) is 12.2 Å². The van der Waals surface area contributed by atoms with Crippen molar-refractivity contribution < 1.29 is 9.90 Å². The molecule has 2 nitrogen and oxygen atoms in total. The van der Waals surface area contributed by atoms with Gasteiger partial charge < -0.3 is 5.11 Å². The van der Waals surface area contributed by atoms with Gasteiger partial charge in [-0.2, -0.15) is 12.6 Å². The highest BCUT2D eigenvalue weighted by atomic mass is 35.5. The summed E-state index contributed by atoms with van der Waals surface area (Å²) in [6.45, 7) is 1.51. The Balaban J connectivity index is 0.000000226. The monoisotopic (exact) mass is 218 g/mol. The predicted molar refractivity (Wildman–Crippen MR) is 57.5 cm³/mol. The molecule has 0 aliphatic heterocycles. The lowest BCUT2D eigenvalue weighted by Gasteiger charge is -1.88. The Kier molecular flexibility index (Phi) is 6.45. The molecule has 0 bridgehead atoms. The highest BCUT2D eigenvalue weighted by molar-refractivity contribution is 7.81. The lowest BCUT2D eigenvalue weighted by atomic mass is 10.4. The number of hydrogen-bond donors (Lipinski definition) is 2. The minimum atomic E-state index is -0.877. The Morgan fingerprint density at radius 3 is 2.00 bits per heavy atom. The molecule has 0 amide bonds. The zero-order chi connectivity index (χ0) is 10.3. The molecule has 72 valence electrons. The predicted octanol–water partition coefficient (Wildman–Crippen LogP) is 2.73. The molecule has 0 heterocycles. The summed E-state index contributed by atoms with van der Waals surface area (Å²) in [5, 5.41) is 8.17. The van der Waals surface area contributed by atoms with E-state index in [2.05, 4.69) is 12.6 Å². The van der Waals surface area contributed by atoms with Crippen molar-refractivity contribution in [1.29, 1.82) is 0 Å². The second-order valence-electron chi connectivity index (χ2n) is 2.31. The van der Waals surface area contributed by atoms with E-state index in [0.29, 0.717) is 0 Å². The zero-order valence-corrected chi connectivity index (χ0v) is 8.80. The summed E-state index contributed by atoms with van der Waals surface area (Å²) >= 11 is 9.13. The molecule has 1 N–H and O–H groups in total. The van der Waals surface area contributed by atoms with Crippen LogP contribution >= 0.6 is 24.2 Å². The normalized spacial score (nSPS) is 11.0. The first-order valence-electron chi connectivity index (χ1n) is 3.65. The maximum atomic E-state index is 9.62. The van der Waals surface area contributed by atoms with E-state index in [1.165, 1.54) is 6.92 Å². The topological polar surface area (TPSA) is 37.3 Å². The second kappa shape index (κ2) is 6.80. The summed E-state index contributed by atoms with van der Waals surface area (Å²) in [4.78, 5) is 9.62. The molecule has 13 heavy (non-hydrogen) atoms. The third kappa shape index (κ3) is 7.68. The fourth-order valence-corrected chi connectivity index (χ4v) is 0.560. The van der Waals surface area contributed by atoms with E-state index in [-0.39, 0.29) is 0 Å². The fraction of sp³-hybridized carbons (Fsp3) is 0.222. The quantitative estimate of drug-likeness (QED) is 0.712. The fourth-order valence-electron chi connectivity index (χ4n) is 0.415. The summed E-state index contributed by atoms with van der Waals surface area (Å²) in [5.74, 6) is -0.877. The number of thiol groups is 1. The van der Waals surface area contributed by atoms with Crippen molar-refractivity contribution in [1.82, 2.24) is 0 Å². The van der Waals surface area contributed by atoms with Crippen LogP contribution in [0.2, 0.25) is 5.02 Å². The summed E-state index contributed by atoms with van der Waals surface area (Å²) in [6.07, 6.45) is 0. The zero-order valence-electron chi connectivity index (χ0n) is 7.14. The van der Waals surface area contributed by atoms with Crippen LogP contribution in [0.1, 0.15) is 6.92 Å². The van der Waals surface area contributed by atoms with Gasteiger partial charge in [0.2, 0.25) is 0 Å². The first kappa shape index (κ1) is 12.3. The Hall–Kier alpha value is -0.670. The van der Waals surface area contributed by atoms with Gasteiger partial charge in [-0.15, -0.1) is 0 Å². The van der Waals surface area contributed by atoms with E-state index < -0.39 is 11.2 Å². The van der Waals surface area contributed by atoms with E-state index in [1.54, 1.807) is 0 Å². The summed E-state index contributed by atoms with van der Waals surface area (Å²) in [5.41, 5.74) is 0. The maximum Gasteiger partial charge on any atom is 0.316 e. The van der Waals surface area contributed by atoms with Gasteiger partial charge in [0.1, 0.15) is 0 Å². The molecule has 0 aromatic heterocycles. The molecule has 1 aromatic rings. The van der Waals surface area contributed by atoms with Crippen molar-refractivity contribution in [3.8, 4) is 0 Å². The lowest BCUT2D eigenvalue weighted by Crippen LogP contribution is -2.06. The average Bonchev–Trinajstić information content (AvgIpc) is 2.06. The summed E-state index contributed by atoms with van der Waals surface area (Å²) < 4.78 is 0. The Morgan fingerprint density at radius 1 is 1.46 bits per heavy atom. The van der Waals surface area contributed by atoms with E-state index in [0.717, 1.165) is 5.02 Å². The Morgan fingerprint density at radius 2 is 1.85 bits per heavy atom. The minimum Gasteiger partial charge on any atom is -0.480 e. The maximum absolute atomic E-state index is 9.62. The number of benzene rings is 1. The van der Waals surface area contributed by atoms with Crippen molar-refractivity contribution in [2.75, 3.05) is 0 Å². The van der Waals surface area contributed by atoms with Crippen molar-refractivity contribution in [3.63, 3.8) is 0 Å². The number of rotatable bonds is 1. The molecule has 4 heteroatoms. The first-order valence-corrected chi connectivity index (χ1v) is 4.55. The van der Waals surface area contributed by atoms with E-state index in [9.17, 15) is 4.79 Å². The number of halogens is 1. The van der Waals surface area contributed by atoms with Crippen molar-refractivity contribution in [3.05, 3.63) is 35.4 Å². The van der Waals surface area contributed by atoms with Gasteiger partial charge in [-0.1, -0.05) is 29.8 Å². The van der Waals surface area contributed by atoms with Gasteiger partial charge in [-0.05, 0) is 19.1 Å². The molecule has 1 atom stereocenters. The third-order valence-corrected chi connectivity index (χ3v) is 1.56. The molecular weight excluding hydrogens is 208 g/mol. The van der Waals surface area contributed by atoms with Crippen molar-refractivity contribution in [2.24, 2.45) is 0 Å². The molecule has 1 unspecified atom stereocenters. The minimum absolute atomic E-state index is 0.537. The Bertz CT molecular complexity index is 249. The molecule has 0 fully saturated rings.